The van der Waals surface area contributed by atoms with Crippen LogP contribution in [0, 0.1) is 11.8 Å². The van der Waals surface area contributed by atoms with Crippen LogP contribution < -0.4 is 11.1 Å². The van der Waals surface area contributed by atoms with Gasteiger partial charge in [0.1, 0.15) is 5.92 Å². The van der Waals surface area contributed by atoms with Crippen LogP contribution in [0.4, 0.5) is 0 Å². The topological polar surface area (TPSA) is 87.7 Å². The molecule has 0 aliphatic heterocycles. The van der Waals surface area contributed by atoms with Crippen molar-refractivity contribution in [2.24, 2.45) is 22.7 Å². The lowest BCUT2D eigenvalue weighted by Gasteiger charge is -2.18. The third-order valence-electron chi connectivity index (χ3n) is 3.28. The van der Waals surface area contributed by atoms with Crippen LogP contribution in [0.25, 0.3) is 0 Å². The van der Waals surface area contributed by atoms with Crippen molar-refractivity contribution in [2.75, 3.05) is 0 Å². The molecule has 1 amide bonds. The zero-order valence-corrected chi connectivity index (χ0v) is 12.3. The number of nitrogens with two attached hydrogens (primary N) is 1. The van der Waals surface area contributed by atoms with Gasteiger partial charge in [-0.2, -0.15) is 0 Å². The molecule has 0 heterocycles. The van der Waals surface area contributed by atoms with Crippen molar-refractivity contribution in [3.8, 4) is 0 Å². The van der Waals surface area contributed by atoms with Crippen LogP contribution in [0.1, 0.15) is 31.9 Å². The average Bonchev–Trinajstić information content (AvgIpc) is 2.45. The molecule has 0 aromatic heterocycles. The molecule has 0 fully saturated rings. The highest BCUT2D eigenvalue weighted by Crippen LogP contribution is 2.12. The molecular weight excluding hydrogens is 254 g/mol. The number of benzene rings is 1. The molecule has 20 heavy (non-hydrogen) atoms. The van der Waals surface area contributed by atoms with Gasteiger partial charge in [0, 0.05) is 6.54 Å². The number of nitrogens with one attached hydrogen (secondary N) is 1. The van der Waals surface area contributed by atoms with Gasteiger partial charge in [0.15, 0.2) is 5.84 Å². The molecule has 110 valence electrons. The Hall–Kier alpha value is -2.04. The molecule has 0 aliphatic carbocycles. The van der Waals surface area contributed by atoms with Gasteiger partial charge in [-0.05, 0) is 23.5 Å². The lowest BCUT2D eigenvalue weighted by molar-refractivity contribution is -0.124. The molecule has 5 nitrogen and oxygen atoms in total. The highest BCUT2D eigenvalue weighted by Gasteiger charge is 2.26. The monoisotopic (exact) mass is 277 g/mol. The summed E-state index contributed by atoms with van der Waals surface area (Å²) in [5.74, 6) is -0.933. The lowest BCUT2D eigenvalue weighted by atomic mass is 9.94. The Labute approximate surface area is 119 Å². The number of aryl methyl sites for hydroxylation is 1. The number of amides is 1. The third kappa shape index (κ3) is 4.26. The molecule has 1 aromatic rings. The number of amidine groups is 1. The van der Waals surface area contributed by atoms with Gasteiger partial charge >= 0.3 is 0 Å². The second-order valence-electron chi connectivity index (χ2n) is 5.13. The average molecular weight is 277 g/mol. The summed E-state index contributed by atoms with van der Waals surface area (Å²) in [6, 6.07) is 8.08. The van der Waals surface area contributed by atoms with Gasteiger partial charge in [-0.25, -0.2) is 0 Å². The molecule has 1 rings (SSSR count). The normalized spacial score (nSPS) is 13.3. The zero-order valence-electron chi connectivity index (χ0n) is 12.3. The maximum absolute atomic E-state index is 12.1. The summed E-state index contributed by atoms with van der Waals surface area (Å²) in [5, 5.41) is 14.5. The molecule has 0 saturated carbocycles. The highest BCUT2D eigenvalue weighted by molar-refractivity contribution is 6.02. The van der Waals surface area contributed by atoms with E-state index in [2.05, 4.69) is 17.4 Å². The number of nitrogens with zero attached hydrogens (tertiary/aromatic N) is 1. The standard InChI is InChI=1S/C15H23N3O2/c1-4-11-5-7-12(8-6-11)9-17-15(19)13(10(2)3)14(16)18-20/h5-8,10,13,20H,4,9H2,1-3H3,(H2,16,18)(H,17,19). The van der Waals surface area contributed by atoms with Crippen LogP contribution in [0.15, 0.2) is 29.4 Å². The fourth-order valence-corrected chi connectivity index (χ4v) is 2.03. The van der Waals surface area contributed by atoms with E-state index in [9.17, 15) is 4.79 Å². The first-order valence-electron chi connectivity index (χ1n) is 6.82. The fraction of sp³-hybridized carbons (Fsp3) is 0.467. The Morgan fingerprint density at radius 3 is 2.30 bits per heavy atom. The van der Waals surface area contributed by atoms with Crippen molar-refractivity contribution in [1.82, 2.24) is 5.32 Å². The molecule has 0 spiro atoms. The van der Waals surface area contributed by atoms with Crippen molar-refractivity contribution in [3.05, 3.63) is 35.4 Å². The minimum Gasteiger partial charge on any atom is -0.409 e. The van der Waals surface area contributed by atoms with Crippen molar-refractivity contribution in [3.63, 3.8) is 0 Å². The summed E-state index contributed by atoms with van der Waals surface area (Å²) in [5.41, 5.74) is 7.85. The van der Waals surface area contributed by atoms with Gasteiger partial charge < -0.3 is 16.3 Å². The molecule has 1 aromatic carbocycles. The van der Waals surface area contributed by atoms with E-state index in [0.717, 1.165) is 12.0 Å². The SMILES string of the molecule is CCc1ccc(CNC(=O)C(/C(N)=N/O)C(C)C)cc1. The quantitative estimate of drug-likeness (QED) is 0.321. The van der Waals surface area contributed by atoms with Crippen LogP contribution in [-0.4, -0.2) is 17.0 Å². The molecule has 1 atom stereocenters. The van der Waals surface area contributed by atoms with E-state index in [1.54, 1.807) is 0 Å². The molecule has 0 saturated heterocycles. The van der Waals surface area contributed by atoms with Crippen LogP contribution in [-0.2, 0) is 17.8 Å². The van der Waals surface area contributed by atoms with Crippen molar-refractivity contribution in [1.29, 1.82) is 0 Å². The van der Waals surface area contributed by atoms with Gasteiger partial charge in [-0.15, -0.1) is 0 Å². The largest absolute Gasteiger partial charge is 0.409 e. The Kier molecular flexibility index (Phi) is 6.03. The molecule has 4 N–H and O–H groups in total. The number of hydrogen-bond donors (Lipinski definition) is 3. The molecule has 0 aliphatic rings. The number of oxime groups is 1. The first kappa shape index (κ1) is 16.0. The fourth-order valence-electron chi connectivity index (χ4n) is 2.03. The summed E-state index contributed by atoms with van der Waals surface area (Å²) in [6.45, 7) is 6.25. The van der Waals surface area contributed by atoms with Gasteiger partial charge in [0.05, 0.1) is 0 Å². The van der Waals surface area contributed by atoms with E-state index in [0.29, 0.717) is 6.54 Å². The number of rotatable bonds is 6. The van der Waals surface area contributed by atoms with E-state index in [1.165, 1.54) is 5.56 Å². The predicted octanol–water partition coefficient (Wildman–Crippen LogP) is 1.88. The van der Waals surface area contributed by atoms with E-state index >= 15 is 0 Å². The van der Waals surface area contributed by atoms with E-state index in [1.807, 2.05) is 38.1 Å². The van der Waals surface area contributed by atoms with Crippen LogP contribution >= 0.6 is 0 Å². The molecule has 1 unspecified atom stereocenters. The third-order valence-corrected chi connectivity index (χ3v) is 3.28. The molecule has 0 radical (unpaired) electrons. The Balaban J connectivity index is 2.64. The maximum atomic E-state index is 12.1. The van der Waals surface area contributed by atoms with Crippen molar-refractivity contribution >= 4 is 11.7 Å². The molecular formula is C15H23N3O2. The van der Waals surface area contributed by atoms with E-state index in [4.69, 9.17) is 10.9 Å². The first-order chi connectivity index (χ1) is 9.49. The van der Waals surface area contributed by atoms with Gasteiger partial charge in [0.2, 0.25) is 5.91 Å². The highest BCUT2D eigenvalue weighted by atomic mass is 16.4. The molecule has 0 bridgehead atoms. The van der Waals surface area contributed by atoms with Crippen molar-refractivity contribution in [2.45, 2.75) is 33.7 Å². The van der Waals surface area contributed by atoms with Crippen LogP contribution in [0.3, 0.4) is 0 Å². The smallest absolute Gasteiger partial charge is 0.231 e. The van der Waals surface area contributed by atoms with E-state index < -0.39 is 5.92 Å². The second kappa shape index (κ2) is 7.53. The number of hydrogen-bond acceptors (Lipinski definition) is 3. The summed E-state index contributed by atoms with van der Waals surface area (Å²) >= 11 is 0. The molecule has 5 heteroatoms. The Morgan fingerprint density at radius 2 is 1.85 bits per heavy atom. The van der Waals surface area contributed by atoms with Crippen LogP contribution in [0.5, 0.6) is 0 Å². The lowest BCUT2D eigenvalue weighted by Crippen LogP contribution is -2.41. The van der Waals surface area contributed by atoms with Gasteiger partial charge in [-0.3, -0.25) is 4.79 Å². The first-order valence-corrected chi connectivity index (χ1v) is 6.82. The number of carbonyl (C=O) groups excluding carboxylic acids is 1. The van der Waals surface area contributed by atoms with Gasteiger partial charge in [-0.1, -0.05) is 50.2 Å². The van der Waals surface area contributed by atoms with Crippen LogP contribution in [0.2, 0.25) is 0 Å². The van der Waals surface area contributed by atoms with Gasteiger partial charge in [0.25, 0.3) is 0 Å². The predicted molar refractivity (Wildman–Crippen MR) is 79.4 cm³/mol. The summed E-state index contributed by atoms with van der Waals surface area (Å²) in [4.78, 5) is 12.1. The summed E-state index contributed by atoms with van der Waals surface area (Å²) in [6.07, 6.45) is 0.992. The zero-order chi connectivity index (χ0) is 15.1. The second-order valence-corrected chi connectivity index (χ2v) is 5.13. The summed E-state index contributed by atoms with van der Waals surface area (Å²) < 4.78 is 0. The Morgan fingerprint density at radius 1 is 1.30 bits per heavy atom. The minimum absolute atomic E-state index is 0.0339. The number of carbonyl (C=O) groups is 1. The summed E-state index contributed by atoms with van der Waals surface area (Å²) in [7, 11) is 0. The van der Waals surface area contributed by atoms with Crippen molar-refractivity contribution < 1.29 is 10.0 Å². The Bertz CT molecular complexity index is 467. The maximum Gasteiger partial charge on any atom is 0.231 e. The van der Waals surface area contributed by atoms with E-state index in [-0.39, 0.29) is 17.7 Å². The minimum atomic E-state index is -0.616.